The molecule has 0 bridgehead atoms. The summed E-state index contributed by atoms with van der Waals surface area (Å²) in [5.41, 5.74) is 11.6. The lowest BCUT2D eigenvalue weighted by molar-refractivity contribution is 1.07. The van der Waals surface area contributed by atoms with E-state index in [2.05, 4.69) is 133 Å². The second-order valence-electron chi connectivity index (χ2n) is 13.4. The number of para-hydroxylation sites is 1. The van der Waals surface area contributed by atoms with E-state index in [0.29, 0.717) is 17.5 Å². The van der Waals surface area contributed by atoms with Gasteiger partial charge in [0.25, 0.3) is 0 Å². The first kappa shape index (κ1) is 32.6. The van der Waals surface area contributed by atoms with E-state index >= 15 is 0 Å². The number of benzene rings is 7. The first-order valence-electron chi connectivity index (χ1n) is 18.3. The number of nitrogens with zero attached hydrogens (tertiary/aromatic N) is 4. The largest absolute Gasteiger partial charge is 0.247 e. The average Bonchev–Trinajstić information content (AvgIpc) is 3.69. The van der Waals surface area contributed by atoms with Gasteiger partial charge in [0.2, 0.25) is 0 Å². The third kappa shape index (κ3) is 6.17. The Bertz CT molecular complexity index is 2900. The molecular formula is C50H32N4S. The normalized spacial score (nSPS) is 11.3. The molecule has 0 unspecified atom stereocenters. The van der Waals surface area contributed by atoms with Crippen molar-refractivity contribution in [2.75, 3.05) is 0 Å². The van der Waals surface area contributed by atoms with Crippen LogP contribution in [-0.4, -0.2) is 19.9 Å². The van der Waals surface area contributed by atoms with Gasteiger partial charge in [-0.15, -0.1) is 11.3 Å². The molecule has 0 saturated carbocycles. The van der Waals surface area contributed by atoms with Crippen LogP contribution in [0.3, 0.4) is 0 Å². The lowest BCUT2D eigenvalue weighted by Crippen LogP contribution is -2.00. The van der Waals surface area contributed by atoms with Gasteiger partial charge < -0.3 is 0 Å². The van der Waals surface area contributed by atoms with Crippen LogP contribution in [0.15, 0.2) is 194 Å². The van der Waals surface area contributed by atoms with Gasteiger partial charge in [-0.25, -0.2) is 19.9 Å². The van der Waals surface area contributed by atoms with Crippen molar-refractivity contribution < 1.29 is 0 Å². The molecular weight excluding hydrogens is 689 g/mol. The molecule has 4 nitrogen and oxygen atoms in total. The number of pyridine rings is 1. The smallest absolute Gasteiger partial charge is 0.164 e. The van der Waals surface area contributed by atoms with Crippen molar-refractivity contribution in [1.82, 2.24) is 19.9 Å². The van der Waals surface area contributed by atoms with Gasteiger partial charge in [0, 0.05) is 48.2 Å². The summed E-state index contributed by atoms with van der Waals surface area (Å²) in [6, 6.07) is 67.4. The second-order valence-corrected chi connectivity index (χ2v) is 14.4. The highest BCUT2D eigenvalue weighted by molar-refractivity contribution is 7.24. The summed E-state index contributed by atoms with van der Waals surface area (Å²) in [7, 11) is 0. The fourth-order valence-electron chi connectivity index (χ4n) is 7.29. The zero-order valence-electron chi connectivity index (χ0n) is 29.7. The van der Waals surface area contributed by atoms with E-state index in [9.17, 15) is 0 Å². The first-order valence-corrected chi connectivity index (χ1v) is 19.1. The summed E-state index contributed by atoms with van der Waals surface area (Å²) < 4.78 is 1.24. The SMILES string of the molecule is c1ccc(-c2nc(-c3ccccc3)nc(-c3cccc(-c4cccc(-c5nc6ccccc6c6sc(-c7ccccc7)c(-c7ccccc7)c56)c4)c3)n2)cc1. The summed E-state index contributed by atoms with van der Waals surface area (Å²) in [6.07, 6.45) is 0. The van der Waals surface area contributed by atoms with Crippen LogP contribution < -0.4 is 0 Å². The standard InChI is InChI=1S/C50H32N4S/c1-5-17-33(18-6-1)43-44-45(51-42-30-14-13-29-41(42)47(44)55-46(43)34-19-7-2-8-20-34)39-27-15-25-37(31-39)38-26-16-28-40(32-38)50-53-48(35-21-9-3-10-22-35)52-49(54-50)36-23-11-4-12-24-36/h1-32H. The van der Waals surface area contributed by atoms with Crippen LogP contribution in [0, 0.1) is 0 Å². The predicted molar refractivity (Wildman–Crippen MR) is 229 cm³/mol. The number of thiophene rings is 1. The highest BCUT2D eigenvalue weighted by atomic mass is 32.1. The zero-order valence-corrected chi connectivity index (χ0v) is 30.5. The van der Waals surface area contributed by atoms with E-state index in [1.807, 2.05) is 72.0 Å². The van der Waals surface area contributed by atoms with Gasteiger partial charge in [-0.1, -0.05) is 176 Å². The van der Waals surface area contributed by atoms with Gasteiger partial charge in [0.15, 0.2) is 17.5 Å². The van der Waals surface area contributed by atoms with Crippen molar-refractivity contribution in [3.8, 4) is 78.1 Å². The Kier molecular flexibility index (Phi) is 8.32. The van der Waals surface area contributed by atoms with E-state index in [4.69, 9.17) is 19.9 Å². The molecule has 0 amide bonds. The topological polar surface area (TPSA) is 51.6 Å². The molecule has 258 valence electrons. The Labute approximate surface area is 323 Å². The molecule has 0 aliphatic carbocycles. The molecule has 0 atom stereocenters. The maximum absolute atomic E-state index is 5.42. The first-order chi connectivity index (χ1) is 27.3. The molecule has 0 saturated heterocycles. The molecule has 0 spiro atoms. The summed E-state index contributed by atoms with van der Waals surface area (Å²) in [5.74, 6) is 1.91. The van der Waals surface area contributed by atoms with Crippen LogP contribution in [0.25, 0.3) is 99.1 Å². The number of hydrogen-bond acceptors (Lipinski definition) is 5. The van der Waals surface area contributed by atoms with Gasteiger partial charge in [0.1, 0.15) is 0 Å². The molecule has 0 N–H and O–H groups in total. The fourth-order valence-corrected chi connectivity index (χ4v) is 8.65. The summed E-state index contributed by atoms with van der Waals surface area (Å²) in [5, 5.41) is 2.34. The van der Waals surface area contributed by atoms with Crippen LogP contribution in [0.4, 0.5) is 0 Å². The van der Waals surface area contributed by atoms with Gasteiger partial charge in [-0.2, -0.15) is 0 Å². The maximum atomic E-state index is 5.42. The Morgan fingerprint density at radius 2 is 0.764 bits per heavy atom. The Morgan fingerprint density at radius 3 is 1.36 bits per heavy atom. The molecule has 5 heteroatoms. The number of fused-ring (bicyclic) bond motifs is 3. The minimum atomic E-state index is 0.628. The van der Waals surface area contributed by atoms with E-state index in [0.717, 1.165) is 50.0 Å². The molecule has 3 heterocycles. The maximum Gasteiger partial charge on any atom is 0.164 e. The van der Waals surface area contributed by atoms with Crippen molar-refractivity contribution in [3.05, 3.63) is 194 Å². The van der Waals surface area contributed by atoms with Gasteiger partial charge >= 0.3 is 0 Å². The van der Waals surface area contributed by atoms with Gasteiger partial charge in [-0.05, 0) is 40.5 Å². The molecule has 0 fully saturated rings. The lowest BCUT2D eigenvalue weighted by atomic mass is 9.93. The monoisotopic (exact) mass is 720 g/mol. The number of aromatic nitrogens is 4. The van der Waals surface area contributed by atoms with Crippen molar-refractivity contribution in [2.24, 2.45) is 0 Å². The Morgan fingerprint density at radius 1 is 0.327 bits per heavy atom. The summed E-state index contributed by atoms with van der Waals surface area (Å²) >= 11 is 1.85. The summed E-state index contributed by atoms with van der Waals surface area (Å²) in [6.45, 7) is 0. The quantitative estimate of drug-likeness (QED) is 0.164. The Balaban J connectivity index is 1.14. The van der Waals surface area contributed by atoms with Crippen LogP contribution >= 0.6 is 11.3 Å². The molecule has 10 rings (SSSR count). The second kappa shape index (κ2) is 14.0. The van der Waals surface area contributed by atoms with Crippen molar-refractivity contribution in [3.63, 3.8) is 0 Å². The minimum Gasteiger partial charge on any atom is -0.247 e. The minimum absolute atomic E-state index is 0.628. The van der Waals surface area contributed by atoms with Crippen LogP contribution in [0.5, 0.6) is 0 Å². The van der Waals surface area contributed by atoms with Crippen molar-refractivity contribution in [2.45, 2.75) is 0 Å². The third-order valence-corrected chi connectivity index (χ3v) is 11.2. The summed E-state index contributed by atoms with van der Waals surface area (Å²) in [4.78, 5) is 21.6. The lowest BCUT2D eigenvalue weighted by Gasteiger charge is -2.12. The predicted octanol–water partition coefficient (Wildman–Crippen LogP) is 13.3. The molecule has 0 radical (unpaired) electrons. The molecule has 10 aromatic rings. The number of hydrogen-bond donors (Lipinski definition) is 0. The Hall–Kier alpha value is -7.08. The highest BCUT2D eigenvalue weighted by Gasteiger charge is 2.23. The number of rotatable bonds is 7. The van der Waals surface area contributed by atoms with Crippen LogP contribution in [-0.2, 0) is 0 Å². The molecule has 0 aliphatic rings. The van der Waals surface area contributed by atoms with E-state index in [1.54, 1.807) is 0 Å². The fraction of sp³-hybridized carbons (Fsp3) is 0. The molecule has 3 aromatic heterocycles. The van der Waals surface area contributed by atoms with Crippen LogP contribution in [0.2, 0.25) is 0 Å². The van der Waals surface area contributed by atoms with E-state index in [-0.39, 0.29) is 0 Å². The van der Waals surface area contributed by atoms with Crippen molar-refractivity contribution in [1.29, 1.82) is 0 Å². The van der Waals surface area contributed by atoms with E-state index in [1.165, 1.54) is 31.7 Å². The van der Waals surface area contributed by atoms with Gasteiger partial charge in [0.05, 0.1) is 11.2 Å². The third-order valence-electron chi connectivity index (χ3n) is 9.91. The zero-order chi connectivity index (χ0) is 36.6. The average molecular weight is 721 g/mol. The van der Waals surface area contributed by atoms with Crippen LogP contribution in [0.1, 0.15) is 0 Å². The molecule has 55 heavy (non-hydrogen) atoms. The van der Waals surface area contributed by atoms with E-state index < -0.39 is 0 Å². The molecule has 0 aliphatic heterocycles. The van der Waals surface area contributed by atoms with Gasteiger partial charge in [-0.3, -0.25) is 0 Å². The van der Waals surface area contributed by atoms with Crippen molar-refractivity contribution >= 4 is 32.3 Å². The molecule has 7 aromatic carbocycles. The highest BCUT2D eigenvalue weighted by Crippen LogP contribution is 2.50.